The van der Waals surface area contributed by atoms with E-state index < -0.39 is 71.7 Å². The number of esters is 1. The number of benzene rings is 3. The van der Waals surface area contributed by atoms with Crippen molar-refractivity contribution in [1.29, 1.82) is 0 Å². The van der Waals surface area contributed by atoms with Crippen molar-refractivity contribution >= 4 is 12.0 Å². The van der Waals surface area contributed by atoms with Crippen LogP contribution < -0.4 is 10.2 Å². The minimum Gasteiger partial charge on any atom is -0.507 e. The minimum atomic E-state index is -1.84. The second kappa shape index (κ2) is 12.1. The number of carbonyl (C=O) groups excluding carboxylic acids is 1. The topological polar surface area (TPSA) is 237 Å². The highest BCUT2D eigenvalue weighted by molar-refractivity contribution is 5.87. The van der Waals surface area contributed by atoms with Crippen LogP contribution in [-0.2, 0) is 14.3 Å². The Labute approximate surface area is 247 Å². The molecule has 0 aromatic heterocycles. The minimum absolute atomic E-state index is 0.0245. The van der Waals surface area contributed by atoms with E-state index in [0.29, 0.717) is 5.56 Å². The lowest BCUT2D eigenvalue weighted by Gasteiger charge is -2.40. The van der Waals surface area contributed by atoms with E-state index in [4.69, 9.17) is 18.6 Å². The zero-order valence-corrected chi connectivity index (χ0v) is 22.5. The van der Waals surface area contributed by atoms with Gasteiger partial charge in [-0.05, 0) is 48.0 Å². The number of phenolic OH excluding ortho intramolecular Hbond substituents is 5. The Morgan fingerprint density at radius 3 is 2.20 bits per heavy atom. The average Bonchev–Trinajstić information content (AvgIpc) is 2.98. The normalized spacial score (nSPS) is 21.8. The van der Waals surface area contributed by atoms with Crippen LogP contribution in [0.2, 0.25) is 0 Å². The lowest BCUT2D eigenvalue weighted by Crippen LogP contribution is -2.60. The van der Waals surface area contributed by atoms with Gasteiger partial charge in [-0.3, -0.25) is 4.79 Å². The van der Waals surface area contributed by atoms with Crippen molar-refractivity contribution < 1.29 is 64.3 Å². The van der Waals surface area contributed by atoms with Gasteiger partial charge in [0.05, 0.1) is 5.56 Å². The number of hydrogen-bond acceptors (Lipinski definition) is 14. The molecule has 0 amide bonds. The van der Waals surface area contributed by atoms with E-state index in [0.717, 1.165) is 30.3 Å². The van der Waals surface area contributed by atoms with Gasteiger partial charge in [0.2, 0.25) is 6.29 Å². The van der Waals surface area contributed by atoms with Crippen LogP contribution in [0.25, 0.3) is 28.7 Å². The summed E-state index contributed by atoms with van der Waals surface area (Å²) in [5.74, 6) is -3.45. The Morgan fingerprint density at radius 1 is 0.795 bits per heavy atom. The van der Waals surface area contributed by atoms with Gasteiger partial charge in [-0.1, -0.05) is 6.07 Å². The number of fused-ring (bicyclic) bond motifs is 1. The molecule has 1 aliphatic carbocycles. The fourth-order valence-corrected chi connectivity index (χ4v) is 4.42. The molecule has 14 nitrogen and oxygen atoms in total. The Kier molecular flexibility index (Phi) is 8.33. The highest BCUT2D eigenvalue weighted by Crippen LogP contribution is 2.43. The number of phenols is 5. The first-order valence-corrected chi connectivity index (χ1v) is 13.0. The van der Waals surface area contributed by atoms with Crippen LogP contribution in [0.3, 0.4) is 0 Å². The summed E-state index contributed by atoms with van der Waals surface area (Å²) in [6.45, 7) is -0.595. The molecule has 1 fully saturated rings. The summed E-state index contributed by atoms with van der Waals surface area (Å²) >= 11 is 0. The second-order valence-corrected chi connectivity index (χ2v) is 9.84. The molecule has 0 radical (unpaired) electrons. The molecule has 0 saturated carbocycles. The predicted molar refractivity (Wildman–Crippen MR) is 149 cm³/mol. The van der Waals surface area contributed by atoms with Gasteiger partial charge in [-0.25, -0.2) is 4.79 Å². The van der Waals surface area contributed by atoms with Crippen molar-refractivity contribution in [2.75, 3.05) is 6.61 Å². The standard InChI is InChI=1S/C30H26O14/c31-15-9-19(34)16-11-23(29(42-22(16)10-15)14-3-5-18(33)21(36)8-14)43-30-28(40)27(39)26(38)24(44-30)12-41-25(37)6-2-13-1-4-17(32)20(35)7-13/h1-11,24,26-28,30,32-36,38-40H,12H2/t24-,26-,27+,28-,30-/m1/s1. The molecule has 44 heavy (non-hydrogen) atoms. The van der Waals surface area contributed by atoms with E-state index in [2.05, 4.69) is 0 Å². The van der Waals surface area contributed by atoms with E-state index in [1.54, 1.807) is 0 Å². The Balaban J connectivity index is 1.39. The summed E-state index contributed by atoms with van der Waals surface area (Å²) in [6.07, 6.45) is -6.19. The summed E-state index contributed by atoms with van der Waals surface area (Å²) in [4.78, 5) is 24.2. The first-order valence-electron chi connectivity index (χ1n) is 13.0. The van der Waals surface area contributed by atoms with Gasteiger partial charge >= 0.3 is 5.97 Å². The van der Waals surface area contributed by atoms with Crippen molar-refractivity contribution in [3.8, 4) is 57.1 Å². The second-order valence-electron chi connectivity index (χ2n) is 9.84. The number of aromatic hydroxyl groups is 5. The lowest BCUT2D eigenvalue weighted by molar-refractivity contribution is -0.278. The number of carbonyl (C=O) groups is 1. The van der Waals surface area contributed by atoms with E-state index in [1.807, 2.05) is 0 Å². The summed E-state index contributed by atoms with van der Waals surface area (Å²) < 4.78 is 22.4. The van der Waals surface area contributed by atoms with Gasteiger partial charge in [-0.2, -0.15) is 0 Å². The maximum atomic E-state index is 12.3. The largest absolute Gasteiger partial charge is 0.507 e. The Morgan fingerprint density at radius 2 is 1.50 bits per heavy atom. The third-order valence-electron chi connectivity index (χ3n) is 6.76. The Hall–Kier alpha value is -5.28. The highest BCUT2D eigenvalue weighted by atomic mass is 16.7. The molecule has 0 spiro atoms. The zero-order valence-electron chi connectivity index (χ0n) is 22.5. The SMILES string of the molecule is O=C(C=Cc1ccc(O)c(O)c1)OC[C@H]1O[C@@H](Oc2cc3c(O)cc(=O)cc-3oc2-c2ccc(O)c(O)c2)[C@H](O)[C@@H](O)[C@@H]1O. The molecular formula is C30H26O14. The van der Waals surface area contributed by atoms with Crippen molar-refractivity contribution in [3.63, 3.8) is 0 Å². The average molecular weight is 611 g/mol. The molecule has 1 saturated heterocycles. The van der Waals surface area contributed by atoms with E-state index >= 15 is 0 Å². The van der Waals surface area contributed by atoms with Gasteiger partial charge in [0, 0.05) is 23.8 Å². The van der Waals surface area contributed by atoms with E-state index in [9.17, 15) is 50.4 Å². The fourth-order valence-electron chi connectivity index (χ4n) is 4.42. The first-order chi connectivity index (χ1) is 20.9. The van der Waals surface area contributed by atoms with E-state index in [1.165, 1.54) is 36.4 Å². The van der Waals surface area contributed by atoms with Gasteiger partial charge in [-0.15, -0.1) is 0 Å². The monoisotopic (exact) mass is 610 g/mol. The molecule has 2 heterocycles. The van der Waals surface area contributed by atoms with Crippen LogP contribution in [0.1, 0.15) is 5.56 Å². The summed E-state index contributed by atoms with van der Waals surface area (Å²) in [6, 6.07) is 10.8. The van der Waals surface area contributed by atoms with Crippen LogP contribution in [-0.4, -0.2) is 84.1 Å². The molecule has 230 valence electrons. The van der Waals surface area contributed by atoms with Crippen LogP contribution >= 0.6 is 0 Å². The predicted octanol–water partition coefficient (Wildman–Crippen LogP) is 1.38. The highest BCUT2D eigenvalue weighted by Gasteiger charge is 2.46. The third-order valence-corrected chi connectivity index (χ3v) is 6.76. The van der Waals surface area contributed by atoms with Crippen molar-refractivity contribution in [3.05, 3.63) is 76.5 Å². The molecule has 3 aliphatic rings. The number of aliphatic hydroxyl groups excluding tert-OH is 3. The molecule has 0 unspecified atom stereocenters. The maximum absolute atomic E-state index is 12.3. The molecule has 2 aliphatic heterocycles. The van der Waals surface area contributed by atoms with Gasteiger partial charge < -0.3 is 59.5 Å². The lowest BCUT2D eigenvalue weighted by atomic mass is 9.99. The van der Waals surface area contributed by atoms with Crippen molar-refractivity contribution in [2.24, 2.45) is 0 Å². The third kappa shape index (κ3) is 6.23. The number of hydrogen-bond donors (Lipinski definition) is 8. The number of ether oxygens (including phenoxy) is 3. The van der Waals surface area contributed by atoms with Crippen molar-refractivity contribution in [2.45, 2.75) is 30.7 Å². The zero-order chi connectivity index (χ0) is 31.7. The van der Waals surface area contributed by atoms with Crippen LogP contribution in [0.15, 0.2) is 69.9 Å². The summed E-state index contributed by atoms with van der Waals surface area (Å²) in [7, 11) is 0. The maximum Gasteiger partial charge on any atom is 0.330 e. The fraction of sp³-hybridized carbons (Fsp3) is 0.200. The van der Waals surface area contributed by atoms with Crippen LogP contribution in [0, 0.1) is 0 Å². The van der Waals surface area contributed by atoms with Crippen LogP contribution in [0.4, 0.5) is 0 Å². The van der Waals surface area contributed by atoms with Gasteiger partial charge in [0.15, 0.2) is 39.9 Å². The van der Waals surface area contributed by atoms with E-state index in [-0.39, 0.29) is 34.1 Å². The molecule has 8 N–H and O–H groups in total. The van der Waals surface area contributed by atoms with Crippen LogP contribution in [0.5, 0.6) is 34.5 Å². The Bertz CT molecular complexity index is 1740. The molecule has 2 aromatic carbocycles. The van der Waals surface area contributed by atoms with Crippen molar-refractivity contribution in [1.82, 2.24) is 0 Å². The molecule has 0 bridgehead atoms. The molecular weight excluding hydrogens is 584 g/mol. The number of aliphatic hydroxyl groups is 3. The molecule has 2 aromatic rings. The molecule has 14 heteroatoms. The quantitative estimate of drug-likeness (QED) is 0.0839. The first kappa shape index (κ1) is 30.2. The van der Waals surface area contributed by atoms with Gasteiger partial charge in [0.1, 0.15) is 42.5 Å². The summed E-state index contributed by atoms with van der Waals surface area (Å²) in [5, 5.41) is 80.7. The summed E-state index contributed by atoms with van der Waals surface area (Å²) in [5.41, 5.74) is -0.0349. The number of rotatable bonds is 7. The smallest absolute Gasteiger partial charge is 0.330 e. The molecule has 5 rings (SSSR count). The van der Waals surface area contributed by atoms with Gasteiger partial charge in [0.25, 0.3) is 0 Å². The molecule has 5 atom stereocenters.